The lowest BCUT2D eigenvalue weighted by Crippen LogP contribution is -2.42. The minimum Gasteiger partial charge on any atom is -0.444 e. The number of rotatable bonds is 10. The summed E-state index contributed by atoms with van der Waals surface area (Å²) in [4.78, 5) is 64.3. The predicted molar refractivity (Wildman–Crippen MR) is 273 cm³/mol. The van der Waals surface area contributed by atoms with Crippen LogP contribution in [0.3, 0.4) is 0 Å². The van der Waals surface area contributed by atoms with E-state index >= 15 is 0 Å². The molecule has 2 aromatic heterocycles. The third kappa shape index (κ3) is 12.1. The zero-order valence-corrected chi connectivity index (χ0v) is 42.0. The molecular weight excluding hydrogens is 929 g/mol. The van der Waals surface area contributed by atoms with E-state index < -0.39 is 11.6 Å². The number of nitrogens with zero attached hydrogens (tertiary/aromatic N) is 9. The van der Waals surface area contributed by atoms with Gasteiger partial charge in [0.05, 0.1) is 36.3 Å². The van der Waals surface area contributed by atoms with Crippen molar-refractivity contribution in [3.8, 4) is 22.3 Å². The molecule has 0 spiro atoms. The summed E-state index contributed by atoms with van der Waals surface area (Å²) in [5, 5.41) is 20.1. The van der Waals surface area contributed by atoms with Crippen molar-refractivity contribution in [2.45, 2.75) is 88.8 Å². The smallest absolute Gasteiger partial charge is 0.410 e. The van der Waals surface area contributed by atoms with Crippen LogP contribution in [0.2, 0.25) is 0 Å². The van der Waals surface area contributed by atoms with Crippen molar-refractivity contribution in [3.05, 3.63) is 144 Å². The molecule has 380 valence electrons. The largest absolute Gasteiger partial charge is 0.444 e. The number of oxime groups is 2. The van der Waals surface area contributed by atoms with Gasteiger partial charge in [0.25, 0.3) is 11.8 Å². The Kier molecular flexibility index (Phi) is 15.7. The maximum absolute atomic E-state index is 13.7. The van der Waals surface area contributed by atoms with E-state index in [1.165, 1.54) is 14.2 Å². The van der Waals surface area contributed by atoms with E-state index in [1.807, 2.05) is 118 Å². The molecule has 4 aliphatic rings. The van der Waals surface area contributed by atoms with Crippen LogP contribution >= 0.6 is 0 Å². The third-order valence-electron chi connectivity index (χ3n) is 13.3. The summed E-state index contributed by atoms with van der Waals surface area (Å²) < 4.78 is 16.8. The molecule has 0 radical (unpaired) electrons. The molecule has 10 rings (SSSR count). The van der Waals surface area contributed by atoms with Crippen LogP contribution in [0.15, 0.2) is 129 Å². The zero-order chi connectivity index (χ0) is 50.9. The highest BCUT2D eigenvalue weighted by Crippen LogP contribution is 2.35. The lowest BCUT2D eigenvalue weighted by atomic mass is 9.98. The molecular formula is C55H62N10O8. The first-order chi connectivity index (χ1) is 35.4. The van der Waals surface area contributed by atoms with Gasteiger partial charge in [-0.25, -0.2) is 4.79 Å². The summed E-state index contributed by atoms with van der Waals surface area (Å²) in [5.41, 5.74) is 6.41. The predicted octanol–water partition coefficient (Wildman–Crippen LogP) is 9.23. The first kappa shape index (κ1) is 50.2. The summed E-state index contributed by atoms with van der Waals surface area (Å²) in [7, 11) is 3.00. The molecule has 4 aliphatic heterocycles. The number of ether oxygens (including phenoxy) is 1. The second kappa shape index (κ2) is 22.8. The molecule has 18 nitrogen and oxygen atoms in total. The van der Waals surface area contributed by atoms with E-state index in [0.29, 0.717) is 73.6 Å². The molecule has 0 aliphatic carbocycles. The van der Waals surface area contributed by atoms with Crippen LogP contribution in [-0.4, -0.2) is 123 Å². The Hall–Kier alpha value is -7.73. The first-order valence-electron chi connectivity index (χ1n) is 24.9. The molecule has 6 heterocycles. The van der Waals surface area contributed by atoms with E-state index in [0.717, 1.165) is 72.4 Å². The summed E-state index contributed by atoms with van der Waals surface area (Å²) in [5.74, 6) is 1.89. The number of piperidine rings is 2. The van der Waals surface area contributed by atoms with Gasteiger partial charge in [-0.3, -0.25) is 9.59 Å². The Morgan fingerprint density at radius 2 is 1.10 bits per heavy atom. The van der Waals surface area contributed by atoms with E-state index in [-0.39, 0.29) is 35.8 Å². The number of hydrogen-bond donors (Lipinski definition) is 1. The average Bonchev–Trinajstić information content (AvgIpc) is 4.27. The quantitative estimate of drug-likeness (QED) is 0.127. The fourth-order valence-corrected chi connectivity index (χ4v) is 9.72. The number of nitrogens with one attached hydrogen (secondary N) is 1. The van der Waals surface area contributed by atoms with Crippen LogP contribution in [0.5, 0.6) is 0 Å². The van der Waals surface area contributed by atoms with Crippen molar-refractivity contribution in [3.63, 3.8) is 0 Å². The summed E-state index contributed by atoms with van der Waals surface area (Å²) in [6.07, 6.45) is 4.34. The van der Waals surface area contributed by atoms with Gasteiger partial charge < -0.3 is 43.5 Å². The number of hydrogen-bond acceptors (Lipinski definition) is 15. The van der Waals surface area contributed by atoms with Crippen molar-refractivity contribution in [2.24, 2.45) is 10.3 Å². The minimum absolute atomic E-state index is 0.0911. The maximum atomic E-state index is 13.7. The molecule has 0 bridgehead atoms. The topological polar surface area (TPSA) is 203 Å². The average molecular weight is 991 g/mol. The van der Waals surface area contributed by atoms with Gasteiger partial charge in [0.2, 0.25) is 11.8 Å². The number of aromatic nitrogens is 4. The Morgan fingerprint density at radius 3 is 1.55 bits per heavy atom. The molecule has 6 aromatic rings. The van der Waals surface area contributed by atoms with Gasteiger partial charge in [-0.05, 0) is 99.5 Å². The van der Waals surface area contributed by atoms with Crippen LogP contribution in [0.1, 0.15) is 127 Å². The molecule has 73 heavy (non-hydrogen) atoms. The van der Waals surface area contributed by atoms with Gasteiger partial charge in [-0.15, -0.1) is 0 Å². The first-order valence-corrected chi connectivity index (χ1v) is 24.9. The SMILES string of the molecule is CON=C1C[C@@H](c2noc([C@H]3CCCN(C(=O)OC(C)(C)C)C3)n2)N(C(=O)c2ccc(-c3ccccc3)cc2)C1.CON=C1C[C@@H](c2noc([C@H]3CCCNC3)n2)N(C(=O)c2ccc(-c3ccccc3)cc2)C1. The molecule has 1 N–H and O–H groups in total. The molecule has 4 saturated heterocycles. The van der Waals surface area contributed by atoms with Crippen molar-refractivity contribution in [1.82, 2.24) is 40.3 Å². The van der Waals surface area contributed by atoms with Crippen molar-refractivity contribution >= 4 is 29.3 Å². The van der Waals surface area contributed by atoms with Crippen LogP contribution in [0.25, 0.3) is 22.3 Å². The standard InChI is InChI=1S/C30H35N5O5.C25H27N5O3/c1-30(2,3)39-29(37)34-16-8-11-23(18-34)27-31-26(33-40-27)25-17-24(32-38-4)19-35(25)28(36)22-14-12-21(13-15-22)20-9-6-5-7-10-20;1-32-28-21-14-22(23-27-24(33-29-23)20-8-5-13-26-15-20)30(16-21)25(31)19-11-9-18(10-12-19)17-6-3-2-4-7-17/h5-7,9-10,12-15,23,25H,8,11,16-19H2,1-4H3;2-4,6-7,9-12,20,22,26H,5,8,13-16H2,1H3/t23-,25-;20-,22-/m00/s1. The molecule has 4 atom stereocenters. The van der Waals surface area contributed by atoms with Gasteiger partial charge in [0, 0.05) is 43.6 Å². The lowest BCUT2D eigenvalue weighted by molar-refractivity contribution is 0.0188. The highest BCUT2D eigenvalue weighted by molar-refractivity contribution is 6.01. The Bertz CT molecular complexity index is 2870. The number of benzene rings is 4. The molecule has 0 saturated carbocycles. The van der Waals surface area contributed by atoms with Crippen LogP contribution in [-0.2, 0) is 14.4 Å². The fraction of sp³-hybridized carbons (Fsp3) is 0.400. The summed E-state index contributed by atoms with van der Waals surface area (Å²) >= 11 is 0. The van der Waals surface area contributed by atoms with E-state index in [2.05, 4.69) is 43.1 Å². The lowest BCUT2D eigenvalue weighted by Gasteiger charge is -2.32. The Morgan fingerprint density at radius 1 is 0.630 bits per heavy atom. The number of carbonyl (C=O) groups excluding carboxylic acids is 3. The molecule has 18 heteroatoms. The van der Waals surface area contributed by atoms with E-state index in [9.17, 15) is 14.4 Å². The minimum atomic E-state index is -0.566. The third-order valence-corrected chi connectivity index (χ3v) is 13.3. The highest BCUT2D eigenvalue weighted by Gasteiger charge is 2.41. The van der Waals surface area contributed by atoms with Crippen LogP contribution in [0, 0.1) is 0 Å². The summed E-state index contributed by atoms with van der Waals surface area (Å²) in [6, 6.07) is 34.6. The number of likely N-dealkylation sites (tertiary alicyclic amines) is 3. The molecule has 3 amide bonds. The molecule has 0 unspecified atom stereocenters. The zero-order valence-electron chi connectivity index (χ0n) is 42.0. The number of amides is 3. The van der Waals surface area contributed by atoms with E-state index in [1.54, 1.807) is 14.7 Å². The van der Waals surface area contributed by atoms with Crippen molar-refractivity contribution in [2.75, 3.05) is 53.5 Å². The van der Waals surface area contributed by atoms with Gasteiger partial charge in [-0.2, -0.15) is 9.97 Å². The van der Waals surface area contributed by atoms with Gasteiger partial charge >= 0.3 is 6.09 Å². The van der Waals surface area contributed by atoms with Crippen LogP contribution < -0.4 is 5.32 Å². The van der Waals surface area contributed by atoms with Crippen molar-refractivity contribution in [1.29, 1.82) is 0 Å². The van der Waals surface area contributed by atoms with Gasteiger partial charge in [0.1, 0.15) is 31.9 Å². The van der Waals surface area contributed by atoms with E-state index in [4.69, 9.17) is 28.4 Å². The Labute approximate surface area is 424 Å². The second-order valence-electron chi connectivity index (χ2n) is 19.7. The van der Waals surface area contributed by atoms with Crippen LogP contribution in [0.4, 0.5) is 4.79 Å². The Balaban J connectivity index is 0.000000183. The highest BCUT2D eigenvalue weighted by atomic mass is 16.6. The second-order valence-corrected chi connectivity index (χ2v) is 19.7. The van der Waals surface area contributed by atoms with Gasteiger partial charge in [-0.1, -0.05) is 106 Å². The molecule has 4 fully saturated rings. The fourth-order valence-electron chi connectivity index (χ4n) is 9.72. The van der Waals surface area contributed by atoms with Gasteiger partial charge in [0.15, 0.2) is 11.6 Å². The number of carbonyl (C=O) groups is 3. The maximum Gasteiger partial charge on any atom is 0.410 e. The molecule has 4 aromatic carbocycles. The van der Waals surface area contributed by atoms with Crippen molar-refractivity contribution < 1.29 is 37.8 Å². The summed E-state index contributed by atoms with van der Waals surface area (Å²) in [6.45, 7) is 9.13. The monoisotopic (exact) mass is 990 g/mol. The normalized spacial score (nSPS) is 21.2.